The first-order valence-corrected chi connectivity index (χ1v) is 9.22. The van der Waals surface area contributed by atoms with Gasteiger partial charge < -0.3 is 19.9 Å². The predicted molar refractivity (Wildman–Crippen MR) is 96.4 cm³/mol. The second-order valence-electron chi connectivity index (χ2n) is 6.16. The van der Waals surface area contributed by atoms with Crippen LogP contribution >= 0.6 is 11.3 Å². The van der Waals surface area contributed by atoms with Gasteiger partial charge >= 0.3 is 5.97 Å². The molecule has 1 aliphatic rings. The Labute approximate surface area is 155 Å². The molecule has 138 valence electrons. The Morgan fingerprint density at radius 1 is 1.35 bits per heavy atom. The molecule has 2 heterocycles. The monoisotopic (exact) mass is 376 g/mol. The third-order valence-electron chi connectivity index (χ3n) is 4.31. The number of nitrogens with zero attached hydrogens (tertiary/aromatic N) is 1. The lowest BCUT2D eigenvalue weighted by Crippen LogP contribution is -2.45. The molecule has 3 rings (SSSR count). The fourth-order valence-corrected chi connectivity index (χ4v) is 3.44. The lowest BCUT2D eigenvalue weighted by molar-refractivity contribution is -0.143. The molecular weight excluding hydrogens is 356 g/mol. The third kappa shape index (κ3) is 3.96. The molecule has 0 aliphatic carbocycles. The van der Waals surface area contributed by atoms with Gasteiger partial charge in [-0.2, -0.15) is 0 Å². The predicted octanol–water partition coefficient (Wildman–Crippen LogP) is 2.70. The first-order chi connectivity index (χ1) is 12.5. The van der Waals surface area contributed by atoms with E-state index in [9.17, 15) is 14.7 Å². The van der Waals surface area contributed by atoms with Gasteiger partial charge in [0.1, 0.15) is 11.0 Å². The van der Waals surface area contributed by atoms with E-state index in [1.807, 2.05) is 25.1 Å². The van der Waals surface area contributed by atoms with Gasteiger partial charge in [0.15, 0.2) is 11.5 Å². The van der Waals surface area contributed by atoms with Crippen molar-refractivity contribution in [2.45, 2.75) is 32.7 Å². The van der Waals surface area contributed by atoms with E-state index in [2.05, 4.69) is 10.3 Å². The number of carboxylic acid groups (broad SMARTS) is 1. The molecule has 26 heavy (non-hydrogen) atoms. The lowest BCUT2D eigenvalue weighted by Gasteiger charge is -2.19. The van der Waals surface area contributed by atoms with Crippen molar-refractivity contribution in [3.05, 3.63) is 29.3 Å². The van der Waals surface area contributed by atoms with Crippen molar-refractivity contribution in [3.8, 4) is 22.1 Å². The van der Waals surface area contributed by atoms with E-state index in [-0.39, 0.29) is 25.0 Å². The van der Waals surface area contributed by atoms with Crippen molar-refractivity contribution < 1.29 is 24.2 Å². The number of thiazole rings is 1. The van der Waals surface area contributed by atoms with E-state index in [4.69, 9.17) is 9.47 Å². The van der Waals surface area contributed by atoms with Gasteiger partial charge in [0, 0.05) is 10.9 Å². The minimum atomic E-state index is -1.02. The standard InChI is InChI=1S/C18H20N2O5S/c1-3-10(2)16(18(22)23)20-15(21)7-12-8-26-17(19-12)11-4-5-13-14(6-11)25-9-24-13/h4-6,8,10,16H,3,7,9H2,1-2H3,(H,20,21)(H,22,23). The SMILES string of the molecule is CCC(C)C(NC(=O)Cc1csc(-c2ccc3c(c2)OCO3)n1)C(=O)O. The average molecular weight is 376 g/mol. The quantitative estimate of drug-likeness (QED) is 0.771. The molecule has 0 radical (unpaired) electrons. The minimum absolute atomic E-state index is 0.0429. The van der Waals surface area contributed by atoms with Crippen LogP contribution in [0.5, 0.6) is 11.5 Å². The fraction of sp³-hybridized carbons (Fsp3) is 0.389. The second-order valence-corrected chi connectivity index (χ2v) is 7.02. The Kier molecular flexibility index (Phi) is 5.41. The van der Waals surface area contributed by atoms with Crippen LogP contribution in [0.1, 0.15) is 26.0 Å². The van der Waals surface area contributed by atoms with Crippen LogP contribution in [0.3, 0.4) is 0 Å². The summed E-state index contributed by atoms with van der Waals surface area (Å²) in [6, 6.07) is 4.68. The maximum absolute atomic E-state index is 12.2. The molecule has 2 N–H and O–H groups in total. The topological polar surface area (TPSA) is 97.8 Å². The maximum atomic E-state index is 12.2. The molecule has 0 spiro atoms. The number of rotatable bonds is 7. The summed E-state index contributed by atoms with van der Waals surface area (Å²) >= 11 is 1.42. The van der Waals surface area contributed by atoms with Gasteiger partial charge in [-0.05, 0) is 24.1 Å². The first kappa shape index (κ1) is 18.2. The fourth-order valence-electron chi connectivity index (χ4n) is 2.62. The largest absolute Gasteiger partial charge is 0.480 e. The maximum Gasteiger partial charge on any atom is 0.326 e. The molecular formula is C18H20N2O5S. The second kappa shape index (κ2) is 7.74. The van der Waals surface area contributed by atoms with Crippen molar-refractivity contribution >= 4 is 23.2 Å². The number of carboxylic acids is 1. The highest BCUT2D eigenvalue weighted by Crippen LogP contribution is 2.36. The van der Waals surface area contributed by atoms with Crippen LogP contribution in [-0.4, -0.2) is 34.8 Å². The Bertz CT molecular complexity index is 820. The Hall–Kier alpha value is -2.61. The third-order valence-corrected chi connectivity index (χ3v) is 5.25. The van der Waals surface area contributed by atoms with Crippen LogP contribution in [0.25, 0.3) is 10.6 Å². The summed E-state index contributed by atoms with van der Waals surface area (Å²) < 4.78 is 10.7. The van der Waals surface area contributed by atoms with E-state index in [0.29, 0.717) is 23.6 Å². The molecule has 1 aliphatic heterocycles. The molecule has 1 aromatic carbocycles. The van der Waals surface area contributed by atoms with Crippen molar-refractivity contribution in [2.75, 3.05) is 6.79 Å². The average Bonchev–Trinajstić information content (AvgIpc) is 3.27. The number of hydrogen-bond donors (Lipinski definition) is 2. The van der Waals surface area contributed by atoms with E-state index in [0.717, 1.165) is 10.6 Å². The first-order valence-electron chi connectivity index (χ1n) is 8.34. The summed E-state index contributed by atoms with van der Waals surface area (Å²) in [6.45, 7) is 3.91. The van der Waals surface area contributed by atoms with Crippen LogP contribution in [-0.2, 0) is 16.0 Å². The molecule has 0 saturated heterocycles. The molecule has 2 unspecified atom stereocenters. The number of ether oxygens (including phenoxy) is 2. The molecule has 8 heteroatoms. The summed E-state index contributed by atoms with van der Waals surface area (Å²) in [5.41, 5.74) is 1.49. The van der Waals surface area contributed by atoms with Crippen LogP contribution in [0.4, 0.5) is 0 Å². The van der Waals surface area contributed by atoms with E-state index < -0.39 is 12.0 Å². The minimum Gasteiger partial charge on any atom is -0.480 e. The summed E-state index contributed by atoms with van der Waals surface area (Å²) in [6.07, 6.45) is 0.712. The Morgan fingerprint density at radius 3 is 2.85 bits per heavy atom. The smallest absolute Gasteiger partial charge is 0.326 e. The van der Waals surface area contributed by atoms with E-state index >= 15 is 0 Å². The number of fused-ring (bicyclic) bond motifs is 1. The zero-order chi connectivity index (χ0) is 18.7. The van der Waals surface area contributed by atoms with Crippen LogP contribution in [0, 0.1) is 5.92 Å². The van der Waals surface area contributed by atoms with Gasteiger partial charge in [0.05, 0.1) is 12.1 Å². The highest BCUT2D eigenvalue weighted by atomic mass is 32.1. The molecule has 0 bridgehead atoms. The zero-order valence-corrected chi connectivity index (χ0v) is 15.3. The number of benzene rings is 1. The van der Waals surface area contributed by atoms with Gasteiger partial charge in [0.2, 0.25) is 12.7 Å². The molecule has 0 saturated carbocycles. The molecule has 1 aromatic heterocycles. The summed E-state index contributed by atoms with van der Waals surface area (Å²) in [4.78, 5) is 28.0. The summed E-state index contributed by atoms with van der Waals surface area (Å²) in [5, 5.41) is 14.4. The van der Waals surface area contributed by atoms with Gasteiger partial charge in [-0.1, -0.05) is 20.3 Å². The van der Waals surface area contributed by atoms with Crippen LogP contribution in [0.15, 0.2) is 23.6 Å². The number of carbonyl (C=O) groups is 2. The lowest BCUT2D eigenvalue weighted by atomic mass is 9.99. The van der Waals surface area contributed by atoms with Gasteiger partial charge in [0.25, 0.3) is 0 Å². The number of carbonyl (C=O) groups excluding carboxylic acids is 1. The van der Waals surface area contributed by atoms with Crippen molar-refractivity contribution in [3.63, 3.8) is 0 Å². The van der Waals surface area contributed by atoms with Gasteiger partial charge in [-0.15, -0.1) is 11.3 Å². The van der Waals surface area contributed by atoms with Crippen molar-refractivity contribution in [2.24, 2.45) is 5.92 Å². The van der Waals surface area contributed by atoms with Gasteiger partial charge in [-0.25, -0.2) is 9.78 Å². The normalized spacial score (nSPS) is 14.7. The van der Waals surface area contributed by atoms with Crippen molar-refractivity contribution in [1.29, 1.82) is 0 Å². The van der Waals surface area contributed by atoms with Crippen LogP contribution < -0.4 is 14.8 Å². The zero-order valence-electron chi connectivity index (χ0n) is 14.5. The number of nitrogens with one attached hydrogen (secondary N) is 1. The Morgan fingerprint density at radius 2 is 2.12 bits per heavy atom. The van der Waals surface area contributed by atoms with Gasteiger partial charge in [-0.3, -0.25) is 4.79 Å². The molecule has 2 aromatic rings. The highest BCUT2D eigenvalue weighted by Gasteiger charge is 2.25. The number of hydrogen-bond acceptors (Lipinski definition) is 6. The number of aliphatic carboxylic acids is 1. The molecule has 2 atom stereocenters. The number of aromatic nitrogens is 1. The van der Waals surface area contributed by atoms with E-state index in [1.165, 1.54) is 11.3 Å². The van der Waals surface area contributed by atoms with Crippen LogP contribution in [0.2, 0.25) is 0 Å². The van der Waals surface area contributed by atoms with E-state index in [1.54, 1.807) is 12.3 Å². The number of amides is 1. The Balaban J connectivity index is 1.66. The summed E-state index contributed by atoms with van der Waals surface area (Å²) in [5.74, 6) is -0.132. The molecule has 1 amide bonds. The van der Waals surface area contributed by atoms with Crippen molar-refractivity contribution in [1.82, 2.24) is 10.3 Å². The highest BCUT2D eigenvalue weighted by molar-refractivity contribution is 7.13. The molecule has 7 nitrogen and oxygen atoms in total. The summed E-state index contributed by atoms with van der Waals surface area (Å²) in [7, 11) is 0. The molecule has 0 fully saturated rings.